The number of carbonyl (C=O) groups is 3. The van der Waals surface area contributed by atoms with Crippen LogP contribution in [0.2, 0.25) is 0 Å². The maximum Gasteiger partial charge on any atom is 0.318 e. The van der Waals surface area contributed by atoms with Crippen LogP contribution in [-0.4, -0.2) is 110 Å². The topological polar surface area (TPSA) is 202 Å². The molecule has 4 aliphatic heterocycles. The van der Waals surface area contributed by atoms with Gasteiger partial charge in [0.15, 0.2) is 0 Å². The number of H-pyrrole nitrogens is 1. The van der Waals surface area contributed by atoms with Crippen LogP contribution in [0.1, 0.15) is 117 Å². The Kier molecular flexibility index (Phi) is 12.6. The Morgan fingerprint density at radius 1 is 1.06 bits per heavy atom. The van der Waals surface area contributed by atoms with Crippen LogP contribution in [0.15, 0.2) is 54.9 Å². The molecule has 6 heterocycles. The van der Waals surface area contributed by atoms with Gasteiger partial charge in [0.05, 0.1) is 6.04 Å². The summed E-state index contributed by atoms with van der Waals surface area (Å²) < 4.78 is 14.5. The minimum atomic E-state index is -0.828. The standard InChI is InChI=1S/C52H64FN11O4/c1-6-32-13-14-34(39(53)22-32)26-56-47(66)42-11-9-18-64(42)48(67)45(51(3,4)5)60-50(68)62-29-52(30-62)24-36(25-52)61-19-15-33(16-20-61)35-27-57-49(58-28-35)63-21-17-41-44(31(63)2)38(46(55)59-41)23-40(54)37-10-7-8-12-43(37)65/h1,7-8,10,12-14,22-23,27-28,31,33,36,42,45,59,65H,9,11,15-21,24-26,29-30,54-55H2,2-5H3,(H,56,66)(H,60,68)/b40-23-. The van der Waals surface area contributed by atoms with Crippen LogP contribution in [-0.2, 0) is 22.6 Å². The van der Waals surface area contributed by atoms with E-state index in [-0.39, 0.29) is 41.6 Å². The molecule has 2 aromatic heterocycles. The molecule has 4 amide bonds. The van der Waals surface area contributed by atoms with Gasteiger partial charge in [-0.3, -0.25) is 9.59 Å². The van der Waals surface area contributed by atoms with Crippen molar-refractivity contribution in [3.8, 4) is 18.1 Å². The van der Waals surface area contributed by atoms with Gasteiger partial charge in [-0.1, -0.05) is 44.9 Å². The number of para-hydroxylation sites is 1. The Balaban J connectivity index is 0.737. The number of halogens is 1. The second-order valence-electron chi connectivity index (χ2n) is 20.7. The molecule has 1 aliphatic carbocycles. The first-order valence-corrected chi connectivity index (χ1v) is 24.0. The number of terminal acetylenes is 1. The molecule has 16 heteroatoms. The van der Waals surface area contributed by atoms with Crippen LogP contribution in [0.3, 0.4) is 0 Å². The van der Waals surface area contributed by atoms with Gasteiger partial charge in [0.25, 0.3) is 0 Å². The molecule has 4 aromatic rings. The number of nitrogens with two attached hydrogens (primary N) is 2. The highest BCUT2D eigenvalue weighted by molar-refractivity contribution is 5.93. The zero-order valence-corrected chi connectivity index (χ0v) is 39.5. The maximum atomic E-state index is 14.5. The third-order valence-corrected chi connectivity index (χ3v) is 15.2. The van der Waals surface area contributed by atoms with E-state index in [4.69, 9.17) is 27.9 Å². The largest absolute Gasteiger partial charge is 0.507 e. The molecule has 3 atom stereocenters. The van der Waals surface area contributed by atoms with E-state index in [1.54, 1.807) is 35.2 Å². The normalized spacial score (nSPS) is 21.4. The fraction of sp³-hybridized carbons (Fsp3) is 0.481. The van der Waals surface area contributed by atoms with E-state index in [1.807, 2.05) is 50.2 Å². The van der Waals surface area contributed by atoms with Gasteiger partial charge in [-0.2, -0.15) is 0 Å². The van der Waals surface area contributed by atoms with Gasteiger partial charge in [-0.25, -0.2) is 19.2 Å². The van der Waals surface area contributed by atoms with Crippen LogP contribution in [0, 0.1) is 29.0 Å². The number of aromatic amines is 1. The average molecular weight is 926 g/mol. The molecule has 9 rings (SSSR count). The Morgan fingerprint density at radius 2 is 1.78 bits per heavy atom. The summed E-state index contributed by atoms with van der Waals surface area (Å²) in [6, 6.07) is 10.1. The molecule has 1 spiro atoms. The number of nitrogens with one attached hydrogen (secondary N) is 3. The highest BCUT2D eigenvalue weighted by Crippen LogP contribution is 2.51. The molecule has 8 N–H and O–H groups in total. The molecular weight excluding hydrogens is 862 g/mol. The van der Waals surface area contributed by atoms with E-state index in [0.717, 1.165) is 74.1 Å². The predicted octanol–water partition coefficient (Wildman–Crippen LogP) is 5.87. The monoisotopic (exact) mass is 926 g/mol. The third kappa shape index (κ3) is 9.08. The van der Waals surface area contributed by atoms with E-state index in [9.17, 15) is 23.9 Å². The van der Waals surface area contributed by atoms with Crippen molar-refractivity contribution in [3.05, 3.63) is 99.8 Å². The van der Waals surface area contributed by atoms with Crippen molar-refractivity contribution in [2.45, 2.75) is 109 Å². The second kappa shape index (κ2) is 18.5. The first kappa shape index (κ1) is 46.5. The van der Waals surface area contributed by atoms with Gasteiger partial charge < -0.3 is 51.8 Å². The molecule has 3 unspecified atom stereocenters. The van der Waals surface area contributed by atoms with Gasteiger partial charge in [0.2, 0.25) is 17.8 Å². The van der Waals surface area contributed by atoms with Gasteiger partial charge in [0.1, 0.15) is 29.5 Å². The first-order chi connectivity index (χ1) is 32.5. The summed E-state index contributed by atoms with van der Waals surface area (Å²) in [5.41, 5.74) is 18.3. The highest BCUT2D eigenvalue weighted by Gasteiger charge is 2.56. The van der Waals surface area contributed by atoms with Gasteiger partial charge in [0, 0.05) is 102 Å². The van der Waals surface area contributed by atoms with Crippen LogP contribution < -0.4 is 27.0 Å². The minimum Gasteiger partial charge on any atom is -0.507 e. The summed E-state index contributed by atoms with van der Waals surface area (Å²) in [4.78, 5) is 62.5. The lowest BCUT2D eigenvalue weighted by atomic mass is 9.60. The Bertz CT molecular complexity index is 2630. The number of likely N-dealkylation sites (tertiary alicyclic amines) is 3. The number of piperidine rings is 1. The highest BCUT2D eigenvalue weighted by atomic mass is 19.1. The second-order valence-corrected chi connectivity index (χ2v) is 20.7. The van der Waals surface area contributed by atoms with Crippen molar-refractivity contribution >= 4 is 41.4 Å². The molecule has 68 heavy (non-hydrogen) atoms. The molecule has 358 valence electrons. The molecule has 0 radical (unpaired) electrons. The third-order valence-electron chi connectivity index (χ3n) is 15.2. The zero-order chi connectivity index (χ0) is 48.1. The van der Waals surface area contributed by atoms with E-state index in [2.05, 4.69) is 38.3 Å². The number of phenols is 1. The summed E-state index contributed by atoms with van der Waals surface area (Å²) in [6.07, 6.45) is 17.2. The number of anilines is 2. The van der Waals surface area contributed by atoms with Crippen LogP contribution in [0.25, 0.3) is 11.8 Å². The molecule has 2 aromatic carbocycles. The Labute approximate surface area is 397 Å². The number of rotatable bonds is 10. The van der Waals surface area contributed by atoms with Crippen molar-refractivity contribution in [2.75, 3.05) is 49.9 Å². The van der Waals surface area contributed by atoms with E-state index in [1.165, 1.54) is 6.07 Å². The lowest BCUT2D eigenvalue weighted by Gasteiger charge is -2.61. The minimum absolute atomic E-state index is 0.0248. The van der Waals surface area contributed by atoms with Crippen LogP contribution in [0.5, 0.6) is 5.75 Å². The molecular formula is C52H64FN11O4. The van der Waals surface area contributed by atoms with Gasteiger partial charge >= 0.3 is 6.03 Å². The zero-order valence-electron chi connectivity index (χ0n) is 39.5. The smallest absolute Gasteiger partial charge is 0.318 e. The number of fused-ring (bicyclic) bond motifs is 1. The summed E-state index contributed by atoms with van der Waals surface area (Å²) in [6.45, 7) is 12.3. The van der Waals surface area contributed by atoms with Crippen LogP contribution >= 0.6 is 0 Å². The SMILES string of the molecule is C#Cc1ccc(CNC(=O)C2CCCN2C(=O)C(NC(=O)N2CC3(CC(N4CCC(c5cnc(N6CCc7[nH]c(N)c(/C=C(\N)c8ccccc8O)c7C6C)nc5)CC4)C3)C2)C(C)(C)C)c(F)c1. The van der Waals surface area contributed by atoms with Gasteiger partial charge in [-0.05, 0) is 106 Å². The quantitative estimate of drug-likeness (QED) is 0.105. The van der Waals surface area contributed by atoms with Crippen molar-refractivity contribution in [1.29, 1.82) is 0 Å². The van der Waals surface area contributed by atoms with Crippen LogP contribution in [0.4, 0.5) is 21.0 Å². The summed E-state index contributed by atoms with van der Waals surface area (Å²) in [7, 11) is 0. The number of aromatic hydroxyl groups is 1. The number of nitrogens with zero attached hydrogens (tertiary/aromatic N) is 6. The molecule has 1 saturated carbocycles. The van der Waals surface area contributed by atoms with E-state index < -0.39 is 23.3 Å². The Hall–Kier alpha value is -6.60. The molecule has 15 nitrogen and oxygen atoms in total. The number of hydrogen-bond donors (Lipinski definition) is 6. The van der Waals surface area contributed by atoms with Gasteiger partial charge in [-0.15, -0.1) is 6.42 Å². The lowest BCUT2D eigenvalue weighted by Crippen LogP contribution is -2.70. The van der Waals surface area contributed by atoms with E-state index in [0.29, 0.717) is 78.6 Å². The van der Waals surface area contributed by atoms with Crippen molar-refractivity contribution in [3.63, 3.8) is 0 Å². The number of hydrogen-bond acceptors (Lipinski definition) is 10. The van der Waals surface area contributed by atoms with Crippen molar-refractivity contribution in [1.82, 2.24) is 40.3 Å². The number of urea groups is 1. The number of amides is 4. The number of aromatic nitrogens is 3. The summed E-state index contributed by atoms with van der Waals surface area (Å²) in [5.74, 6) is 2.98. The van der Waals surface area contributed by atoms with Crippen molar-refractivity contribution < 1.29 is 23.9 Å². The first-order valence-electron chi connectivity index (χ1n) is 24.0. The number of benzene rings is 2. The molecule has 4 fully saturated rings. The average Bonchev–Trinajstić information content (AvgIpc) is 3.91. The maximum absolute atomic E-state index is 14.5. The molecule has 0 bridgehead atoms. The molecule has 3 saturated heterocycles. The summed E-state index contributed by atoms with van der Waals surface area (Å²) >= 11 is 0. The predicted molar refractivity (Wildman–Crippen MR) is 260 cm³/mol. The van der Waals surface area contributed by atoms with E-state index >= 15 is 0 Å². The van der Waals surface area contributed by atoms with Crippen molar-refractivity contribution in [2.24, 2.45) is 16.6 Å². The molecule has 5 aliphatic rings. The lowest BCUT2D eigenvalue weighted by molar-refractivity contribution is -0.142. The summed E-state index contributed by atoms with van der Waals surface area (Å²) in [5, 5.41) is 16.2. The number of carbonyl (C=O) groups excluding carboxylic acids is 3. The Morgan fingerprint density at radius 3 is 2.46 bits per heavy atom. The fourth-order valence-electron chi connectivity index (χ4n) is 11.3. The number of phenolic OH excluding ortho intramolecular Hbond substituents is 1. The number of nitrogen functional groups attached to an aromatic ring is 1. The fourth-order valence-corrected chi connectivity index (χ4v) is 11.3.